The van der Waals surface area contributed by atoms with E-state index in [9.17, 15) is 14.7 Å². The molecule has 4 atom stereocenters. The second-order valence-corrected chi connectivity index (χ2v) is 10.4. The highest BCUT2D eigenvalue weighted by molar-refractivity contribution is 5.83. The number of aliphatic hydroxyl groups is 1. The summed E-state index contributed by atoms with van der Waals surface area (Å²) in [5.41, 5.74) is 2.20. The van der Waals surface area contributed by atoms with Crippen LogP contribution in [0.5, 0.6) is 0 Å². The van der Waals surface area contributed by atoms with Crippen LogP contribution >= 0.6 is 0 Å². The van der Waals surface area contributed by atoms with Gasteiger partial charge in [0.05, 0.1) is 17.6 Å². The van der Waals surface area contributed by atoms with Crippen LogP contribution in [0.25, 0.3) is 11.1 Å². The van der Waals surface area contributed by atoms with Gasteiger partial charge in [-0.05, 0) is 37.9 Å². The van der Waals surface area contributed by atoms with Crippen molar-refractivity contribution in [1.29, 1.82) is 0 Å². The van der Waals surface area contributed by atoms with Gasteiger partial charge in [0.2, 0.25) is 5.91 Å². The molecule has 0 unspecified atom stereocenters. The number of pyridine rings is 1. The molecule has 3 aliphatic heterocycles. The predicted octanol–water partition coefficient (Wildman–Crippen LogP) is 0.453. The van der Waals surface area contributed by atoms with Gasteiger partial charge in [-0.25, -0.2) is 9.97 Å². The van der Waals surface area contributed by atoms with Crippen LogP contribution in [-0.2, 0) is 11.3 Å². The summed E-state index contributed by atoms with van der Waals surface area (Å²) in [5, 5.41) is 10.5. The van der Waals surface area contributed by atoms with Gasteiger partial charge in [0.15, 0.2) is 0 Å². The Hall–Kier alpha value is -2.62. The Morgan fingerprint density at radius 1 is 1.12 bits per heavy atom. The Morgan fingerprint density at radius 3 is 2.53 bits per heavy atom. The summed E-state index contributed by atoms with van der Waals surface area (Å²) in [6.07, 6.45) is 7.15. The molecule has 34 heavy (non-hydrogen) atoms. The van der Waals surface area contributed by atoms with E-state index in [0.717, 1.165) is 38.4 Å². The third-order valence-electron chi connectivity index (χ3n) is 8.30. The van der Waals surface area contributed by atoms with E-state index < -0.39 is 0 Å². The van der Waals surface area contributed by atoms with Gasteiger partial charge < -0.3 is 19.5 Å². The summed E-state index contributed by atoms with van der Waals surface area (Å²) in [7, 11) is 2.09. The largest absolute Gasteiger partial charge is 0.396 e. The minimum atomic E-state index is -0.324. The van der Waals surface area contributed by atoms with Crippen molar-refractivity contribution < 1.29 is 9.90 Å². The van der Waals surface area contributed by atoms with Crippen molar-refractivity contribution in [2.45, 2.75) is 31.5 Å². The lowest BCUT2D eigenvalue weighted by molar-refractivity contribution is -0.140. The van der Waals surface area contributed by atoms with E-state index in [0.29, 0.717) is 23.6 Å². The molecule has 2 saturated heterocycles. The van der Waals surface area contributed by atoms with Crippen molar-refractivity contribution in [3.63, 3.8) is 0 Å². The lowest BCUT2D eigenvalue weighted by atomic mass is 9.88. The standard InChI is InChI=1S/C25H32N6O3/c1-28-6-8-29(9-7-28)25(34)23-20(14-32)19-13-30-21(22(19)31(23)12-16-2-3-16)5-4-18(24(30)33)17-10-26-15-27-11-17/h4-5,10-11,15-16,19-20,22-23,32H,2-3,6-9,12-14H2,1H3/t19-,20-,22+,23-/m0/s1. The molecule has 1 amide bonds. The van der Waals surface area contributed by atoms with Gasteiger partial charge in [-0.3, -0.25) is 14.5 Å². The Balaban J connectivity index is 1.36. The molecule has 2 aromatic heterocycles. The number of nitrogens with zero attached hydrogens (tertiary/aromatic N) is 6. The number of carbonyl (C=O) groups excluding carboxylic acids is 1. The van der Waals surface area contributed by atoms with Crippen LogP contribution in [0.1, 0.15) is 24.6 Å². The van der Waals surface area contributed by atoms with Gasteiger partial charge in [-0.15, -0.1) is 0 Å². The molecule has 0 bridgehead atoms. The highest BCUT2D eigenvalue weighted by atomic mass is 16.3. The van der Waals surface area contributed by atoms with E-state index in [4.69, 9.17) is 0 Å². The molecule has 4 aliphatic rings. The molecule has 9 heteroatoms. The molecule has 1 N–H and O–H groups in total. The zero-order valence-electron chi connectivity index (χ0n) is 19.6. The number of hydrogen-bond acceptors (Lipinski definition) is 7. The predicted molar refractivity (Wildman–Crippen MR) is 126 cm³/mol. The first-order valence-corrected chi connectivity index (χ1v) is 12.4. The topological polar surface area (TPSA) is 94.8 Å². The number of amides is 1. The zero-order valence-corrected chi connectivity index (χ0v) is 19.6. The number of fused-ring (bicyclic) bond motifs is 3. The Labute approximate surface area is 199 Å². The van der Waals surface area contributed by atoms with Crippen LogP contribution in [0.4, 0.5) is 0 Å². The summed E-state index contributed by atoms with van der Waals surface area (Å²) < 4.78 is 1.86. The SMILES string of the molecule is CN1CCN(C(=O)[C@@H]2[C@@H](CO)[C@@H]3Cn4c(ccc(-c5cncnc5)c4=O)[C@@H]3N2CC2CC2)CC1. The quantitative estimate of drug-likeness (QED) is 0.687. The summed E-state index contributed by atoms with van der Waals surface area (Å²) in [4.78, 5) is 42.0. The van der Waals surface area contributed by atoms with Gasteiger partial charge in [0.25, 0.3) is 5.56 Å². The molecular formula is C25H32N6O3. The maximum absolute atomic E-state index is 13.8. The minimum Gasteiger partial charge on any atom is -0.396 e. The monoisotopic (exact) mass is 464 g/mol. The van der Waals surface area contributed by atoms with E-state index in [1.165, 1.54) is 19.2 Å². The molecule has 1 aliphatic carbocycles. The van der Waals surface area contributed by atoms with E-state index >= 15 is 0 Å². The number of rotatable bonds is 5. The van der Waals surface area contributed by atoms with Crippen LogP contribution in [0.2, 0.25) is 0 Å². The Morgan fingerprint density at radius 2 is 1.85 bits per heavy atom. The van der Waals surface area contributed by atoms with E-state index in [2.05, 4.69) is 26.8 Å². The van der Waals surface area contributed by atoms with Crippen molar-refractivity contribution in [3.05, 3.63) is 46.9 Å². The highest BCUT2D eigenvalue weighted by Gasteiger charge is 2.57. The highest BCUT2D eigenvalue weighted by Crippen LogP contribution is 2.51. The van der Waals surface area contributed by atoms with Crippen molar-refractivity contribution in [1.82, 2.24) is 29.2 Å². The normalized spacial score (nSPS) is 29.3. The van der Waals surface area contributed by atoms with Crippen molar-refractivity contribution >= 4 is 5.91 Å². The molecule has 9 nitrogen and oxygen atoms in total. The summed E-state index contributed by atoms with van der Waals surface area (Å²) in [5.74, 6) is 0.607. The number of aliphatic hydroxyl groups excluding tert-OH is 1. The summed E-state index contributed by atoms with van der Waals surface area (Å²) in [6, 6.07) is 3.56. The maximum atomic E-state index is 13.8. The lowest BCUT2D eigenvalue weighted by Gasteiger charge is -2.38. The molecule has 3 fully saturated rings. The number of hydrogen-bond donors (Lipinski definition) is 1. The Bertz CT molecular complexity index is 1130. The van der Waals surface area contributed by atoms with Crippen LogP contribution < -0.4 is 5.56 Å². The first kappa shape index (κ1) is 21.9. The molecule has 0 spiro atoms. The Kier molecular flexibility index (Phi) is 5.50. The van der Waals surface area contributed by atoms with Crippen LogP contribution in [-0.4, -0.2) is 92.7 Å². The fourth-order valence-corrected chi connectivity index (χ4v) is 6.27. The molecule has 6 rings (SSSR count). The van der Waals surface area contributed by atoms with Gasteiger partial charge in [0.1, 0.15) is 6.33 Å². The molecule has 0 radical (unpaired) electrons. The zero-order chi connectivity index (χ0) is 23.4. The molecule has 2 aromatic rings. The fraction of sp³-hybridized carbons (Fsp3) is 0.600. The second-order valence-electron chi connectivity index (χ2n) is 10.4. The van der Waals surface area contributed by atoms with Crippen LogP contribution in [0.15, 0.2) is 35.6 Å². The van der Waals surface area contributed by atoms with Crippen molar-refractivity contribution in [2.24, 2.45) is 17.8 Å². The first-order chi connectivity index (χ1) is 16.6. The third kappa shape index (κ3) is 3.57. The lowest BCUT2D eigenvalue weighted by Crippen LogP contribution is -2.55. The van der Waals surface area contributed by atoms with Gasteiger partial charge in [0, 0.05) is 81.4 Å². The summed E-state index contributed by atoms with van der Waals surface area (Å²) >= 11 is 0. The third-order valence-corrected chi connectivity index (χ3v) is 8.30. The fourth-order valence-electron chi connectivity index (χ4n) is 6.27. The van der Waals surface area contributed by atoms with Crippen molar-refractivity contribution in [2.75, 3.05) is 46.4 Å². The molecular weight excluding hydrogens is 432 g/mol. The van der Waals surface area contributed by atoms with Crippen LogP contribution in [0, 0.1) is 17.8 Å². The van der Waals surface area contributed by atoms with Crippen molar-refractivity contribution in [3.8, 4) is 11.1 Å². The maximum Gasteiger partial charge on any atom is 0.258 e. The summed E-state index contributed by atoms with van der Waals surface area (Å²) in [6.45, 7) is 4.55. The van der Waals surface area contributed by atoms with Gasteiger partial charge in [-0.2, -0.15) is 0 Å². The number of likely N-dealkylation sites (N-methyl/N-ethyl adjacent to an activating group) is 1. The van der Waals surface area contributed by atoms with Crippen LogP contribution in [0.3, 0.4) is 0 Å². The van der Waals surface area contributed by atoms with E-state index in [1.807, 2.05) is 21.6 Å². The second kappa shape index (κ2) is 8.55. The number of likely N-dealkylation sites (tertiary alicyclic amines) is 1. The van der Waals surface area contributed by atoms with E-state index in [1.54, 1.807) is 12.4 Å². The average molecular weight is 465 g/mol. The molecule has 180 valence electrons. The van der Waals surface area contributed by atoms with Gasteiger partial charge >= 0.3 is 0 Å². The number of aromatic nitrogens is 3. The average Bonchev–Trinajstić information content (AvgIpc) is 3.52. The number of carbonyl (C=O) groups is 1. The van der Waals surface area contributed by atoms with E-state index in [-0.39, 0.29) is 42.0 Å². The van der Waals surface area contributed by atoms with Gasteiger partial charge in [-0.1, -0.05) is 0 Å². The molecule has 5 heterocycles. The minimum absolute atomic E-state index is 0.0204. The first-order valence-electron chi connectivity index (χ1n) is 12.4. The number of piperazine rings is 1. The molecule has 0 aromatic carbocycles. The smallest absolute Gasteiger partial charge is 0.258 e. The molecule has 1 saturated carbocycles.